The molecule has 0 aliphatic rings. The van der Waals surface area contributed by atoms with Crippen molar-refractivity contribution < 1.29 is 4.79 Å². The van der Waals surface area contributed by atoms with Crippen LogP contribution in [0.25, 0.3) is 0 Å². The predicted molar refractivity (Wildman–Crippen MR) is 78.1 cm³/mol. The Bertz CT molecular complexity index is 615. The number of benzene rings is 1. The Hall–Kier alpha value is -1.92. The molecule has 0 unspecified atom stereocenters. The molecule has 1 amide bonds. The molecular weight excluding hydrogens is 308 g/mol. The van der Waals surface area contributed by atoms with E-state index in [1.54, 1.807) is 18.5 Å². The van der Waals surface area contributed by atoms with Crippen molar-refractivity contribution in [3.63, 3.8) is 0 Å². The van der Waals surface area contributed by atoms with Gasteiger partial charge in [0.05, 0.1) is 17.4 Å². The number of carbonyl (C=O) groups excluding carboxylic acids is 1. The molecule has 2 rings (SSSR count). The molecule has 0 bridgehead atoms. The normalized spacial score (nSPS) is 10.1. The van der Waals surface area contributed by atoms with Gasteiger partial charge in [-0.25, -0.2) is 5.84 Å². The van der Waals surface area contributed by atoms with Gasteiger partial charge < -0.3 is 5.32 Å². The Morgan fingerprint density at radius 1 is 1.32 bits per heavy atom. The zero-order valence-electron chi connectivity index (χ0n) is 10.3. The Kier molecular flexibility index (Phi) is 4.13. The highest BCUT2D eigenvalue weighted by Gasteiger charge is 2.10. The van der Waals surface area contributed by atoms with Gasteiger partial charge in [0.15, 0.2) is 0 Å². The van der Waals surface area contributed by atoms with Crippen molar-refractivity contribution in [2.75, 3.05) is 5.32 Å². The van der Waals surface area contributed by atoms with E-state index in [-0.39, 0.29) is 5.91 Å². The number of amides is 1. The summed E-state index contributed by atoms with van der Waals surface area (Å²) in [6, 6.07) is 7.45. The van der Waals surface area contributed by atoms with Gasteiger partial charge in [0.25, 0.3) is 5.91 Å². The number of nitrogens with zero attached hydrogens (tertiary/aromatic N) is 1. The molecule has 0 radical (unpaired) electrons. The Morgan fingerprint density at radius 2 is 2.11 bits per heavy atom. The molecule has 4 N–H and O–H groups in total. The number of pyridine rings is 1. The summed E-state index contributed by atoms with van der Waals surface area (Å²) in [5, 5.41) is 3.18. The van der Waals surface area contributed by atoms with Gasteiger partial charge in [-0.1, -0.05) is 15.9 Å². The van der Waals surface area contributed by atoms with E-state index in [0.717, 1.165) is 15.7 Å². The summed E-state index contributed by atoms with van der Waals surface area (Å²) in [6.45, 7) is 1.98. The fourth-order valence-corrected chi connectivity index (χ4v) is 2.16. The molecule has 1 heterocycles. The fraction of sp³-hybridized carbons (Fsp3) is 0.0769. The van der Waals surface area contributed by atoms with Crippen molar-refractivity contribution in [3.8, 4) is 0 Å². The maximum atomic E-state index is 11.7. The number of rotatable bonds is 3. The smallest absolute Gasteiger partial charge is 0.267 e. The summed E-state index contributed by atoms with van der Waals surface area (Å²) in [5.74, 6) is 4.80. The monoisotopic (exact) mass is 320 g/mol. The number of hydrazine groups is 1. The molecular formula is C13H13BrN4O. The van der Waals surface area contributed by atoms with Crippen molar-refractivity contribution in [1.82, 2.24) is 10.4 Å². The van der Waals surface area contributed by atoms with Gasteiger partial charge in [-0.3, -0.25) is 15.2 Å². The zero-order chi connectivity index (χ0) is 13.8. The van der Waals surface area contributed by atoms with Crippen LogP contribution in [0.5, 0.6) is 0 Å². The van der Waals surface area contributed by atoms with E-state index in [1.165, 1.54) is 0 Å². The van der Waals surface area contributed by atoms with Gasteiger partial charge in [-0.05, 0) is 36.8 Å². The lowest BCUT2D eigenvalue weighted by atomic mass is 10.1. The van der Waals surface area contributed by atoms with Crippen LogP contribution in [0.15, 0.2) is 41.1 Å². The minimum absolute atomic E-state index is 0.361. The van der Waals surface area contributed by atoms with Crippen LogP contribution in [-0.2, 0) is 0 Å². The number of anilines is 2. The highest BCUT2D eigenvalue weighted by molar-refractivity contribution is 9.10. The van der Waals surface area contributed by atoms with Gasteiger partial charge in [-0.2, -0.15) is 0 Å². The molecule has 98 valence electrons. The van der Waals surface area contributed by atoms with Gasteiger partial charge in [0.2, 0.25) is 0 Å². The number of nitrogens with two attached hydrogens (primary N) is 1. The quantitative estimate of drug-likeness (QED) is 0.461. The average molecular weight is 321 g/mol. The summed E-state index contributed by atoms with van der Waals surface area (Å²) in [6.07, 6.45) is 3.14. The molecule has 0 atom stereocenters. The fourth-order valence-electron chi connectivity index (χ4n) is 1.68. The predicted octanol–water partition coefficient (Wildman–Crippen LogP) is 2.50. The molecule has 0 spiro atoms. The third-order valence-corrected chi connectivity index (χ3v) is 3.15. The summed E-state index contributed by atoms with van der Waals surface area (Å²) in [4.78, 5) is 15.7. The molecule has 0 aliphatic carbocycles. The van der Waals surface area contributed by atoms with Crippen LogP contribution in [0.4, 0.5) is 11.4 Å². The Morgan fingerprint density at radius 3 is 2.79 bits per heavy atom. The Balaban J connectivity index is 2.35. The minimum atomic E-state index is -0.361. The first-order valence-electron chi connectivity index (χ1n) is 5.60. The lowest BCUT2D eigenvalue weighted by Crippen LogP contribution is -2.30. The average Bonchev–Trinajstić information content (AvgIpc) is 2.41. The zero-order valence-corrected chi connectivity index (χ0v) is 11.9. The summed E-state index contributed by atoms with van der Waals surface area (Å²) in [7, 11) is 0. The third-order valence-electron chi connectivity index (χ3n) is 2.65. The molecule has 0 saturated heterocycles. The Labute approximate surface area is 119 Å². The van der Waals surface area contributed by atoms with E-state index in [1.807, 2.05) is 25.1 Å². The van der Waals surface area contributed by atoms with E-state index in [9.17, 15) is 4.79 Å². The first-order chi connectivity index (χ1) is 9.11. The standard InChI is InChI=1S/C13H13BrN4O/c1-8-6-9(14)2-3-11(8)17-12-7-16-5-4-10(12)13(19)18-15/h2-7,17H,15H2,1H3,(H,18,19). The maximum absolute atomic E-state index is 11.7. The number of hydrogen-bond acceptors (Lipinski definition) is 4. The highest BCUT2D eigenvalue weighted by atomic mass is 79.9. The highest BCUT2D eigenvalue weighted by Crippen LogP contribution is 2.25. The van der Waals surface area contributed by atoms with Gasteiger partial charge in [0.1, 0.15) is 0 Å². The van der Waals surface area contributed by atoms with Crippen LogP contribution in [0, 0.1) is 6.92 Å². The number of nitrogens with one attached hydrogen (secondary N) is 2. The molecule has 19 heavy (non-hydrogen) atoms. The maximum Gasteiger partial charge on any atom is 0.267 e. The first-order valence-corrected chi connectivity index (χ1v) is 6.39. The van der Waals surface area contributed by atoms with Crippen molar-refractivity contribution in [2.45, 2.75) is 6.92 Å². The molecule has 0 fully saturated rings. The number of halogens is 1. The second-order valence-electron chi connectivity index (χ2n) is 3.98. The molecule has 5 nitrogen and oxygen atoms in total. The van der Waals surface area contributed by atoms with Crippen LogP contribution < -0.4 is 16.6 Å². The minimum Gasteiger partial charge on any atom is -0.353 e. The second-order valence-corrected chi connectivity index (χ2v) is 4.89. The van der Waals surface area contributed by atoms with Crippen molar-refractivity contribution in [1.29, 1.82) is 0 Å². The SMILES string of the molecule is Cc1cc(Br)ccc1Nc1cnccc1C(=O)NN. The third kappa shape index (κ3) is 3.10. The number of nitrogen functional groups attached to an aromatic ring is 1. The van der Waals surface area contributed by atoms with Crippen LogP contribution >= 0.6 is 15.9 Å². The summed E-state index contributed by atoms with van der Waals surface area (Å²) >= 11 is 3.41. The van der Waals surface area contributed by atoms with E-state index in [4.69, 9.17) is 5.84 Å². The molecule has 0 saturated carbocycles. The lowest BCUT2D eigenvalue weighted by Gasteiger charge is -2.12. The molecule has 2 aromatic rings. The molecule has 1 aromatic heterocycles. The number of aromatic nitrogens is 1. The molecule has 6 heteroatoms. The van der Waals surface area contributed by atoms with Crippen molar-refractivity contribution in [3.05, 3.63) is 52.3 Å². The van der Waals surface area contributed by atoms with E-state index in [0.29, 0.717) is 11.3 Å². The second kappa shape index (κ2) is 5.81. The van der Waals surface area contributed by atoms with Crippen LogP contribution in [-0.4, -0.2) is 10.9 Å². The van der Waals surface area contributed by atoms with Crippen LogP contribution in [0.1, 0.15) is 15.9 Å². The number of aryl methyl sites for hydroxylation is 1. The van der Waals surface area contributed by atoms with E-state index >= 15 is 0 Å². The lowest BCUT2D eigenvalue weighted by molar-refractivity contribution is 0.0954. The topological polar surface area (TPSA) is 80.0 Å². The van der Waals surface area contributed by atoms with E-state index < -0.39 is 0 Å². The summed E-state index contributed by atoms with van der Waals surface area (Å²) < 4.78 is 1.00. The van der Waals surface area contributed by atoms with Crippen LogP contribution in [0.3, 0.4) is 0 Å². The van der Waals surface area contributed by atoms with Crippen molar-refractivity contribution in [2.24, 2.45) is 5.84 Å². The van der Waals surface area contributed by atoms with E-state index in [2.05, 4.69) is 31.7 Å². The van der Waals surface area contributed by atoms with Gasteiger partial charge in [-0.15, -0.1) is 0 Å². The van der Waals surface area contributed by atoms with Gasteiger partial charge >= 0.3 is 0 Å². The van der Waals surface area contributed by atoms with Crippen molar-refractivity contribution >= 4 is 33.2 Å². The van der Waals surface area contributed by atoms with Crippen LogP contribution in [0.2, 0.25) is 0 Å². The number of hydrogen-bond donors (Lipinski definition) is 3. The molecule has 0 aliphatic heterocycles. The largest absolute Gasteiger partial charge is 0.353 e. The first kappa shape index (κ1) is 13.5. The summed E-state index contributed by atoms with van der Waals surface area (Å²) in [5.41, 5.74) is 5.13. The van der Waals surface area contributed by atoms with Gasteiger partial charge in [0, 0.05) is 16.4 Å². The molecule has 1 aromatic carbocycles. The number of carbonyl (C=O) groups is 1.